The lowest BCUT2D eigenvalue weighted by molar-refractivity contribution is 0.461. The van der Waals surface area contributed by atoms with Crippen molar-refractivity contribution in [1.82, 2.24) is 15.0 Å². The molecule has 7 heteroatoms. The zero-order valence-electron chi connectivity index (χ0n) is 14.6. The second-order valence-corrected chi connectivity index (χ2v) is 7.84. The Hall–Kier alpha value is -3.03. The Morgan fingerprint density at radius 3 is 1.68 bits per heavy atom. The lowest BCUT2D eigenvalue weighted by Gasteiger charge is -2.08. The molecule has 0 bridgehead atoms. The van der Waals surface area contributed by atoms with Gasteiger partial charge in [0.05, 0.1) is 5.56 Å². The maximum atomic E-state index is 10.2. The van der Waals surface area contributed by atoms with E-state index in [2.05, 4.69) is 15.0 Å². The van der Waals surface area contributed by atoms with E-state index in [1.54, 1.807) is 0 Å². The molecule has 0 saturated carbocycles. The average Bonchev–Trinajstić information content (AvgIpc) is 2.71. The van der Waals surface area contributed by atoms with Crippen LogP contribution in [0, 0.1) is 0 Å². The quantitative estimate of drug-likeness (QED) is 0.439. The van der Waals surface area contributed by atoms with E-state index in [4.69, 9.17) is 0 Å². The zero-order valence-corrected chi connectivity index (χ0v) is 16.2. The summed E-state index contributed by atoms with van der Waals surface area (Å²) < 4.78 is 0. The smallest absolute Gasteiger partial charge is 0.197 e. The van der Waals surface area contributed by atoms with Gasteiger partial charge < -0.3 is 10.2 Å². The summed E-state index contributed by atoms with van der Waals surface area (Å²) in [4.78, 5) is 15.6. The van der Waals surface area contributed by atoms with Gasteiger partial charge in [0.1, 0.15) is 11.5 Å². The predicted molar refractivity (Wildman–Crippen MR) is 110 cm³/mol. The largest absolute Gasteiger partial charge is 0.508 e. The second kappa shape index (κ2) is 8.33. The Morgan fingerprint density at radius 1 is 0.607 bits per heavy atom. The molecule has 0 amide bonds. The molecule has 5 nitrogen and oxygen atoms in total. The van der Waals surface area contributed by atoms with Crippen LogP contribution in [0.1, 0.15) is 0 Å². The number of phenolic OH excluding ortho intramolecular Hbond substituents is 2. The Balaban J connectivity index is 1.77. The highest BCUT2D eigenvalue weighted by Crippen LogP contribution is 2.34. The van der Waals surface area contributed by atoms with E-state index in [1.807, 2.05) is 60.7 Å². The molecule has 4 aromatic rings. The molecule has 0 fully saturated rings. The van der Waals surface area contributed by atoms with Gasteiger partial charge in [0.2, 0.25) is 0 Å². The Morgan fingerprint density at radius 2 is 1.14 bits per heavy atom. The molecular weight excluding hydrogens is 390 g/mol. The van der Waals surface area contributed by atoms with E-state index in [-0.39, 0.29) is 11.5 Å². The van der Waals surface area contributed by atoms with Gasteiger partial charge in [-0.1, -0.05) is 36.4 Å². The highest BCUT2D eigenvalue weighted by atomic mass is 32.2. The molecule has 1 heterocycles. The third kappa shape index (κ3) is 4.44. The molecule has 28 heavy (non-hydrogen) atoms. The van der Waals surface area contributed by atoms with Crippen LogP contribution in [0.15, 0.2) is 99.0 Å². The summed E-state index contributed by atoms with van der Waals surface area (Å²) in [5.74, 6) is 0.332. The number of rotatable bonds is 5. The van der Waals surface area contributed by atoms with Gasteiger partial charge in [-0.05, 0) is 66.0 Å². The minimum absolute atomic E-state index is 0.00433. The summed E-state index contributed by atoms with van der Waals surface area (Å²) in [6, 6.07) is 23.9. The molecule has 0 aliphatic carbocycles. The Labute approximate surface area is 170 Å². The first-order valence-electron chi connectivity index (χ1n) is 8.41. The molecule has 0 saturated heterocycles. The van der Waals surface area contributed by atoms with E-state index in [0.717, 1.165) is 9.79 Å². The van der Waals surface area contributed by atoms with Crippen LogP contribution in [0.25, 0.3) is 11.4 Å². The van der Waals surface area contributed by atoms with Crippen LogP contribution in [0.3, 0.4) is 0 Å². The minimum atomic E-state index is -0.00433. The Kier molecular flexibility index (Phi) is 5.45. The van der Waals surface area contributed by atoms with Crippen molar-refractivity contribution in [3.05, 3.63) is 78.9 Å². The van der Waals surface area contributed by atoms with Crippen LogP contribution in [0.4, 0.5) is 0 Å². The number of hydrogen-bond acceptors (Lipinski definition) is 7. The van der Waals surface area contributed by atoms with Gasteiger partial charge >= 0.3 is 0 Å². The van der Waals surface area contributed by atoms with E-state index in [9.17, 15) is 10.2 Å². The number of aromatic nitrogens is 3. The maximum absolute atomic E-state index is 10.2. The highest BCUT2D eigenvalue weighted by molar-refractivity contribution is 7.99. The van der Waals surface area contributed by atoms with Crippen molar-refractivity contribution in [1.29, 1.82) is 0 Å². The molecule has 0 radical (unpaired) electrons. The SMILES string of the molecule is Oc1ccc(O)c(-c2nc(Sc3ccccc3)nc(Sc3ccccc3)n2)c1. The number of nitrogens with zero attached hydrogens (tertiary/aromatic N) is 3. The van der Waals surface area contributed by atoms with Crippen molar-refractivity contribution in [2.24, 2.45) is 0 Å². The molecular formula is C21H15N3O2S2. The first-order valence-corrected chi connectivity index (χ1v) is 10.0. The van der Waals surface area contributed by atoms with Crippen LogP contribution in [0.2, 0.25) is 0 Å². The fourth-order valence-corrected chi connectivity index (χ4v) is 4.04. The summed E-state index contributed by atoms with van der Waals surface area (Å²) in [6.07, 6.45) is 0. The van der Waals surface area contributed by atoms with Crippen LogP contribution in [-0.2, 0) is 0 Å². The lowest BCUT2D eigenvalue weighted by Crippen LogP contribution is -1.98. The van der Waals surface area contributed by atoms with Gasteiger partial charge in [0.15, 0.2) is 16.1 Å². The summed E-state index contributed by atoms with van der Waals surface area (Å²) >= 11 is 2.82. The van der Waals surface area contributed by atoms with Crippen LogP contribution in [0.5, 0.6) is 11.5 Å². The molecule has 138 valence electrons. The normalized spacial score (nSPS) is 10.7. The molecule has 3 aromatic carbocycles. The second-order valence-electron chi connectivity index (χ2n) is 5.76. The highest BCUT2D eigenvalue weighted by Gasteiger charge is 2.14. The van der Waals surface area contributed by atoms with E-state index < -0.39 is 0 Å². The van der Waals surface area contributed by atoms with Gasteiger partial charge in [-0.2, -0.15) is 4.98 Å². The summed E-state index contributed by atoms with van der Waals surface area (Å²) in [5, 5.41) is 21.1. The van der Waals surface area contributed by atoms with Gasteiger partial charge in [-0.3, -0.25) is 0 Å². The molecule has 0 aliphatic heterocycles. The summed E-state index contributed by atoms with van der Waals surface area (Å²) in [7, 11) is 0. The standard InChI is InChI=1S/C21H15N3O2S2/c25-14-11-12-18(26)17(13-14)19-22-20(27-15-7-3-1-4-8-15)24-21(23-19)28-16-9-5-2-6-10-16/h1-13,25-26H. The fraction of sp³-hybridized carbons (Fsp3) is 0. The van der Waals surface area contributed by atoms with E-state index in [1.165, 1.54) is 41.7 Å². The summed E-state index contributed by atoms with van der Waals surface area (Å²) in [5.41, 5.74) is 0.354. The first-order chi connectivity index (χ1) is 13.7. The van der Waals surface area contributed by atoms with Crippen molar-refractivity contribution < 1.29 is 10.2 Å². The van der Waals surface area contributed by atoms with Crippen molar-refractivity contribution in [3.63, 3.8) is 0 Å². The number of aromatic hydroxyl groups is 2. The third-order valence-electron chi connectivity index (χ3n) is 3.72. The van der Waals surface area contributed by atoms with Crippen molar-refractivity contribution in [2.45, 2.75) is 20.1 Å². The Bertz CT molecular complexity index is 1030. The number of hydrogen-bond donors (Lipinski definition) is 2. The van der Waals surface area contributed by atoms with Crippen LogP contribution in [-0.4, -0.2) is 25.2 Å². The molecule has 0 atom stereocenters. The predicted octanol–water partition coefficient (Wildman–Crippen LogP) is 5.25. The molecule has 0 unspecified atom stereocenters. The molecule has 0 aliphatic rings. The molecule has 4 rings (SSSR count). The third-order valence-corrected chi connectivity index (χ3v) is 5.47. The van der Waals surface area contributed by atoms with Gasteiger partial charge in [-0.25, -0.2) is 9.97 Å². The van der Waals surface area contributed by atoms with Crippen LogP contribution < -0.4 is 0 Å². The molecule has 2 N–H and O–H groups in total. The van der Waals surface area contributed by atoms with Crippen molar-refractivity contribution in [3.8, 4) is 22.9 Å². The lowest BCUT2D eigenvalue weighted by atomic mass is 10.2. The average molecular weight is 406 g/mol. The summed E-state index contributed by atoms with van der Waals surface area (Å²) in [6.45, 7) is 0. The van der Waals surface area contributed by atoms with Crippen molar-refractivity contribution >= 4 is 23.5 Å². The fourth-order valence-electron chi connectivity index (χ4n) is 2.44. The zero-order chi connectivity index (χ0) is 19.3. The maximum Gasteiger partial charge on any atom is 0.197 e. The molecule has 1 aromatic heterocycles. The topological polar surface area (TPSA) is 79.1 Å². The first kappa shape index (κ1) is 18.3. The monoisotopic (exact) mass is 405 g/mol. The minimum Gasteiger partial charge on any atom is -0.508 e. The van der Waals surface area contributed by atoms with Gasteiger partial charge in [-0.15, -0.1) is 0 Å². The van der Waals surface area contributed by atoms with Gasteiger partial charge in [0, 0.05) is 9.79 Å². The van der Waals surface area contributed by atoms with Crippen molar-refractivity contribution in [2.75, 3.05) is 0 Å². The number of phenols is 2. The van der Waals surface area contributed by atoms with E-state index >= 15 is 0 Å². The van der Waals surface area contributed by atoms with Gasteiger partial charge in [0.25, 0.3) is 0 Å². The van der Waals surface area contributed by atoms with Crippen LogP contribution >= 0.6 is 23.5 Å². The molecule has 0 spiro atoms. The number of benzene rings is 3. The van der Waals surface area contributed by atoms with E-state index in [0.29, 0.717) is 21.7 Å².